The molecule has 5 atom stereocenters. The summed E-state index contributed by atoms with van der Waals surface area (Å²) in [6, 6.07) is 0. The molecule has 0 aliphatic heterocycles. The maximum Gasteiger partial charge on any atom is -0.0297 e. The summed E-state index contributed by atoms with van der Waals surface area (Å²) < 4.78 is 0. The number of unbranched alkanes of at least 4 members (excludes halogenated alkanes) is 5. The van der Waals surface area contributed by atoms with Crippen LogP contribution in [0.5, 0.6) is 0 Å². The van der Waals surface area contributed by atoms with Crippen molar-refractivity contribution in [2.75, 3.05) is 0 Å². The Balaban J connectivity index is 2.07. The quantitative estimate of drug-likeness (QED) is 0.193. The van der Waals surface area contributed by atoms with Crippen LogP contribution >= 0.6 is 0 Å². The first-order chi connectivity index (χ1) is 12.0. The standard InChI is InChI=1S/C25H48/c1-7-9-10-11-12-13-15-20(3)18-21(4)16-17-22(5)23(6)25-19-24(25)14-8-2/h21-25H,3,7-19H2,1-2,4-6H3. The van der Waals surface area contributed by atoms with Gasteiger partial charge in [-0.25, -0.2) is 0 Å². The smallest absolute Gasteiger partial charge is 0.0297 e. The molecule has 5 unspecified atom stereocenters. The van der Waals surface area contributed by atoms with E-state index in [1.54, 1.807) is 0 Å². The molecule has 25 heavy (non-hydrogen) atoms. The zero-order valence-corrected chi connectivity index (χ0v) is 18.3. The fourth-order valence-electron chi connectivity index (χ4n) is 4.70. The second kappa shape index (κ2) is 13.0. The molecule has 0 heterocycles. The lowest BCUT2D eigenvalue weighted by Gasteiger charge is -2.22. The number of rotatable bonds is 16. The SMILES string of the molecule is C=C(CCCCCCCC)CC(C)CCC(C)C(C)C1CC1CCC. The maximum atomic E-state index is 4.36. The van der Waals surface area contributed by atoms with E-state index in [9.17, 15) is 0 Å². The summed E-state index contributed by atoms with van der Waals surface area (Å²) in [6.45, 7) is 16.5. The van der Waals surface area contributed by atoms with E-state index in [1.165, 1.54) is 89.0 Å². The largest absolute Gasteiger partial charge is 0.0999 e. The van der Waals surface area contributed by atoms with E-state index in [-0.39, 0.29) is 0 Å². The average Bonchev–Trinajstić information content (AvgIpc) is 3.34. The Morgan fingerprint density at radius 3 is 2.28 bits per heavy atom. The summed E-state index contributed by atoms with van der Waals surface area (Å²) in [5.41, 5.74) is 1.51. The van der Waals surface area contributed by atoms with Gasteiger partial charge in [0.25, 0.3) is 0 Å². The third kappa shape index (κ3) is 9.86. The highest BCUT2D eigenvalue weighted by atomic mass is 14.5. The van der Waals surface area contributed by atoms with Gasteiger partial charge in [-0.15, -0.1) is 0 Å². The fraction of sp³-hybridized carbons (Fsp3) is 0.920. The first-order valence-corrected chi connectivity index (χ1v) is 11.7. The predicted molar refractivity (Wildman–Crippen MR) is 115 cm³/mol. The van der Waals surface area contributed by atoms with Crippen molar-refractivity contribution in [1.82, 2.24) is 0 Å². The lowest BCUT2D eigenvalue weighted by molar-refractivity contribution is 0.289. The predicted octanol–water partition coefficient (Wildman–Crippen LogP) is 8.81. The molecule has 148 valence electrons. The molecule has 1 saturated carbocycles. The summed E-state index contributed by atoms with van der Waals surface area (Å²) in [6.07, 6.45) is 18.1. The van der Waals surface area contributed by atoms with Crippen LogP contribution in [0, 0.1) is 29.6 Å². The van der Waals surface area contributed by atoms with Crippen LogP contribution in [0.2, 0.25) is 0 Å². The van der Waals surface area contributed by atoms with Gasteiger partial charge in [-0.3, -0.25) is 0 Å². The highest BCUT2D eigenvalue weighted by molar-refractivity contribution is 4.95. The van der Waals surface area contributed by atoms with Gasteiger partial charge in [0, 0.05) is 0 Å². The molecule has 0 radical (unpaired) electrons. The van der Waals surface area contributed by atoms with Crippen LogP contribution in [-0.4, -0.2) is 0 Å². The van der Waals surface area contributed by atoms with E-state index in [0.717, 1.165) is 29.6 Å². The zero-order chi connectivity index (χ0) is 18.7. The molecule has 0 aromatic heterocycles. The van der Waals surface area contributed by atoms with Crippen LogP contribution in [0.3, 0.4) is 0 Å². The van der Waals surface area contributed by atoms with Gasteiger partial charge in [0.05, 0.1) is 0 Å². The summed E-state index contributed by atoms with van der Waals surface area (Å²) in [7, 11) is 0. The monoisotopic (exact) mass is 348 g/mol. The number of hydrogen-bond acceptors (Lipinski definition) is 0. The van der Waals surface area contributed by atoms with Crippen molar-refractivity contribution >= 4 is 0 Å². The van der Waals surface area contributed by atoms with Gasteiger partial charge in [0.15, 0.2) is 0 Å². The lowest BCUT2D eigenvalue weighted by Crippen LogP contribution is -2.13. The van der Waals surface area contributed by atoms with E-state index in [0.29, 0.717) is 0 Å². The lowest BCUT2D eigenvalue weighted by atomic mass is 9.83. The highest BCUT2D eigenvalue weighted by Gasteiger charge is 2.41. The molecule has 0 bridgehead atoms. The van der Waals surface area contributed by atoms with Gasteiger partial charge in [-0.1, -0.05) is 105 Å². The summed E-state index contributed by atoms with van der Waals surface area (Å²) in [4.78, 5) is 0. The van der Waals surface area contributed by atoms with Crippen LogP contribution in [0.4, 0.5) is 0 Å². The van der Waals surface area contributed by atoms with Crippen molar-refractivity contribution in [2.45, 2.75) is 118 Å². The minimum Gasteiger partial charge on any atom is -0.0999 e. The Kier molecular flexibility index (Phi) is 11.8. The van der Waals surface area contributed by atoms with Gasteiger partial charge in [-0.2, -0.15) is 0 Å². The third-order valence-electron chi connectivity index (χ3n) is 6.85. The Morgan fingerprint density at radius 2 is 1.60 bits per heavy atom. The van der Waals surface area contributed by atoms with Crippen LogP contribution in [0.15, 0.2) is 12.2 Å². The van der Waals surface area contributed by atoms with E-state index in [2.05, 4.69) is 41.2 Å². The van der Waals surface area contributed by atoms with Crippen LogP contribution in [-0.2, 0) is 0 Å². The van der Waals surface area contributed by atoms with Gasteiger partial charge in [0.2, 0.25) is 0 Å². The molecule has 0 amide bonds. The summed E-state index contributed by atoms with van der Waals surface area (Å²) in [5, 5.41) is 0. The first-order valence-electron chi connectivity index (χ1n) is 11.7. The van der Waals surface area contributed by atoms with E-state index in [4.69, 9.17) is 0 Å². The van der Waals surface area contributed by atoms with Crippen molar-refractivity contribution in [3.05, 3.63) is 12.2 Å². The maximum absolute atomic E-state index is 4.36. The molecule has 0 nitrogen and oxygen atoms in total. The molecular weight excluding hydrogens is 300 g/mol. The Hall–Kier alpha value is -0.260. The van der Waals surface area contributed by atoms with Crippen molar-refractivity contribution < 1.29 is 0 Å². The van der Waals surface area contributed by atoms with Crippen LogP contribution in [0.1, 0.15) is 118 Å². The zero-order valence-electron chi connectivity index (χ0n) is 18.3. The topological polar surface area (TPSA) is 0 Å². The summed E-state index contributed by atoms with van der Waals surface area (Å²) >= 11 is 0. The molecule has 0 N–H and O–H groups in total. The van der Waals surface area contributed by atoms with Crippen LogP contribution < -0.4 is 0 Å². The average molecular weight is 349 g/mol. The van der Waals surface area contributed by atoms with Gasteiger partial charge in [0.1, 0.15) is 0 Å². The van der Waals surface area contributed by atoms with Gasteiger partial charge in [-0.05, 0) is 55.3 Å². The fourth-order valence-corrected chi connectivity index (χ4v) is 4.70. The van der Waals surface area contributed by atoms with Gasteiger partial charge < -0.3 is 0 Å². The van der Waals surface area contributed by atoms with Crippen molar-refractivity contribution in [2.24, 2.45) is 29.6 Å². The minimum atomic E-state index is 0.827. The number of allylic oxidation sites excluding steroid dienone is 1. The molecule has 1 aliphatic carbocycles. The molecule has 1 fully saturated rings. The first kappa shape index (κ1) is 22.8. The molecule has 0 aromatic carbocycles. The van der Waals surface area contributed by atoms with Crippen molar-refractivity contribution in [3.8, 4) is 0 Å². The Morgan fingerprint density at radius 1 is 0.920 bits per heavy atom. The summed E-state index contributed by atoms with van der Waals surface area (Å²) in [5.74, 6) is 4.79. The molecular formula is C25H48. The second-order valence-corrected chi connectivity index (χ2v) is 9.44. The highest BCUT2D eigenvalue weighted by Crippen LogP contribution is 2.50. The van der Waals surface area contributed by atoms with E-state index >= 15 is 0 Å². The third-order valence-corrected chi connectivity index (χ3v) is 6.85. The Labute approximate surface area is 160 Å². The van der Waals surface area contributed by atoms with Crippen LogP contribution in [0.25, 0.3) is 0 Å². The molecule has 0 heteroatoms. The van der Waals surface area contributed by atoms with E-state index < -0.39 is 0 Å². The van der Waals surface area contributed by atoms with Crippen molar-refractivity contribution in [3.63, 3.8) is 0 Å². The van der Waals surface area contributed by atoms with E-state index in [1.807, 2.05) is 0 Å². The van der Waals surface area contributed by atoms with Crippen molar-refractivity contribution in [1.29, 1.82) is 0 Å². The number of hydrogen-bond donors (Lipinski definition) is 0. The molecule has 0 aromatic rings. The molecule has 0 saturated heterocycles. The second-order valence-electron chi connectivity index (χ2n) is 9.44. The molecule has 1 rings (SSSR count). The molecule has 1 aliphatic rings. The van der Waals surface area contributed by atoms with Gasteiger partial charge >= 0.3 is 0 Å². The Bertz CT molecular complexity index is 342. The minimum absolute atomic E-state index is 0.827. The molecule has 0 spiro atoms. The normalized spacial score (nSPS) is 23.2.